The Balaban J connectivity index is 1.54. The van der Waals surface area contributed by atoms with Gasteiger partial charge in [0.05, 0.1) is 5.39 Å². The maximum Gasteiger partial charge on any atom is 0.291 e. The van der Waals surface area contributed by atoms with Crippen LogP contribution in [0.2, 0.25) is 0 Å². The Bertz CT molecular complexity index is 1180. The number of benzene rings is 2. The van der Waals surface area contributed by atoms with Crippen LogP contribution in [0, 0.1) is 6.92 Å². The molecule has 3 aromatic rings. The molecule has 1 unspecified atom stereocenters. The van der Waals surface area contributed by atoms with Crippen molar-refractivity contribution in [2.75, 3.05) is 11.9 Å². The molecule has 0 saturated carbocycles. The summed E-state index contributed by atoms with van der Waals surface area (Å²) in [4.78, 5) is 39.7. The molecule has 4 rings (SSSR count). The van der Waals surface area contributed by atoms with Gasteiger partial charge in [-0.05, 0) is 69.0 Å². The molecular weight excluding hydrogens is 380 g/mol. The van der Waals surface area contributed by atoms with Crippen LogP contribution in [-0.2, 0) is 0 Å². The first-order valence-corrected chi connectivity index (χ1v) is 10.2. The fourth-order valence-electron chi connectivity index (χ4n) is 3.90. The van der Waals surface area contributed by atoms with E-state index in [-0.39, 0.29) is 23.1 Å². The lowest BCUT2D eigenvalue weighted by Crippen LogP contribution is -2.42. The second kappa shape index (κ2) is 8.14. The van der Waals surface area contributed by atoms with E-state index in [9.17, 15) is 14.4 Å². The summed E-state index contributed by atoms with van der Waals surface area (Å²) in [6.07, 6.45) is 3.20. The number of fused-ring (bicyclic) bond motifs is 1. The highest BCUT2D eigenvalue weighted by Crippen LogP contribution is 2.23. The van der Waals surface area contributed by atoms with Crippen molar-refractivity contribution in [2.45, 2.75) is 39.2 Å². The highest BCUT2D eigenvalue weighted by molar-refractivity contribution is 6.04. The van der Waals surface area contributed by atoms with Crippen molar-refractivity contribution >= 4 is 28.5 Å². The molecular formula is C24H24N2O4. The SMILES string of the molecule is Cc1cc(C(=O)N2CCCCC2C)ccc1NC(=O)c1cc(=O)c2ccccc2o1. The minimum Gasteiger partial charge on any atom is -0.451 e. The van der Waals surface area contributed by atoms with Gasteiger partial charge in [0.1, 0.15) is 5.58 Å². The van der Waals surface area contributed by atoms with Gasteiger partial charge in [-0.2, -0.15) is 0 Å². The van der Waals surface area contributed by atoms with Crippen LogP contribution in [0.15, 0.2) is 57.7 Å². The molecule has 30 heavy (non-hydrogen) atoms. The number of anilines is 1. The van der Waals surface area contributed by atoms with Crippen LogP contribution in [0.3, 0.4) is 0 Å². The van der Waals surface area contributed by atoms with E-state index in [0.29, 0.717) is 22.2 Å². The number of para-hydroxylation sites is 1. The van der Waals surface area contributed by atoms with Gasteiger partial charge in [-0.25, -0.2) is 0 Å². The van der Waals surface area contributed by atoms with E-state index in [2.05, 4.69) is 12.2 Å². The fourth-order valence-corrected chi connectivity index (χ4v) is 3.90. The lowest BCUT2D eigenvalue weighted by atomic mass is 10.0. The molecule has 154 valence electrons. The van der Waals surface area contributed by atoms with Gasteiger partial charge >= 0.3 is 0 Å². The molecule has 0 bridgehead atoms. The van der Waals surface area contributed by atoms with E-state index in [1.165, 1.54) is 6.07 Å². The van der Waals surface area contributed by atoms with Gasteiger partial charge in [0, 0.05) is 29.9 Å². The Kier molecular flexibility index (Phi) is 5.40. The maximum atomic E-state index is 12.9. The number of piperidine rings is 1. The Labute approximate surface area is 174 Å². The third kappa shape index (κ3) is 3.85. The average molecular weight is 404 g/mol. The molecule has 1 N–H and O–H groups in total. The van der Waals surface area contributed by atoms with E-state index in [1.54, 1.807) is 42.5 Å². The molecule has 2 aromatic carbocycles. The summed E-state index contributed by atoms with van der Waals surface area (Å²) in [6.45, 7) is 4.69. The van der Waals surface area contributed by atoms with Crippen LogP contribution in [-0.4, -0.2) is 29.3 Å². The first-order valence-electron chi connectivity index (χ1n) is 10.2. The Hall–Kier alpha value is -3.41. The Morgan fingerprint density at radius 3 is 2.67 bits per heavy atom. The number of nitrogens with one attached hydrogen (secondary N) is 1. The van der Waals surface area contributed by atoms with Crippen molar-refractivity contribution in [1.29, 1.82) is 0 Å². The number of carbonyl (C=O) groups excluding carboxylic acids is 2. The highest BCUT2D eigenvalue weighted by Gasteiger charge is 2.24. The van der Waals surface area contributed by atoms with Gasteiger partial charge in [0.2, 0.25) is 0 Å². The van der Waals surface area contributed by atoms with E-state index >= 15 is 0 Å². The van der Waals surface area contributed by atoms with Crippen molar-refractivity contribution in [3.63, 3.8) is 0 Å². The third-order valence-corrected chi connectivity index (χ3v) is 5.64. The third-order valence-electron chi connectivity index (χ3n) is 5.64. The number of amides is 2. The number of rotatable bonds is 3. The van der Waals surface area contributed by atoms with Crippen LogP contribution < -0.4 is 10.7 Å². The molecule has 6 heteroatoms. The van der Waals surface area contributed by atoms with E-state index in [0.717, 1.165) is 31.4 Å². The summed E-state index contributed by atoms with van der Waals surface area (Å²) in [5.74, 6) is -0.547. The van der Waals surface area contributed by atoms with Crippen LogP contribution >= 0.6 is 0 Å². The van der Waals surface area contributed by atoms with E-state index in [4.69, 9.17) is 4.42 Å². The van der Waals surface area contributed by atoms with E-state index in [1.807, 2.05) is 11.8 Å². The van der Waals surface area contributed by atoms with Crippen molar-refractivity contribution in [1.82, 2.24) is 4.90 Å². The quantitative estimate of drug-likeness (QED) is 0.703. The normalized spacial score (nSPS) is 16.5. The number of hydrogen-bond donors (Lipinski definition) is 1. The molecule has 0 aliphatic carbocycles. The average Bonchev–Trinajstić information content (AvgIpc) is 2.75. The lowest BCUT2D eigenvalue weighted by Gasteiger charge is -2.33. The predicted molar refractivity (Wildman–Crippen MR) is 116 cm³/mol. The van der Waals surface area contributed by atoms with Crippen LogP contribution in [0.25, 0.3) is 11.0 Å². The summed E-state index contributed by atoms with van der Waals surface area (Å²) < 4.78 is 5.60. The maximum absolute atomic E-state index is 12.9. The molecule has 1 aliphatic heterocycles. The molecule has 2 amide bonds. The minimum atomic E-state index is -0.510. The van der Waals surface area contributed by atoms with Gasteiger partial charge in [0.15, 0.2) is 11.2 Å². The number of hydrogen-bond acceptors (Lipinski definition) is 4. The molecule has 1 aromatic heterocycles. The summed E-state index contributed by atoms with van der Waals surface area (Å²) in [7, 11) is 0. The Morgan fingerprint density at radius 2 is 1.90 bits per heavy atom. The molecule has 1 aliphatic rings. The number of aryl methyl sites for hydroxylation is 1. The van der Waals surface area contributed by atoms with Gasteiger partial charge in [-0.15, -0.1) is 0 Å². The zero-order valence-corrected chi connectivity index (χ0v) is 17.1. The molecule has 1 fully saturated rings. The first-order chi connectivity index (χ1) is 14.4. The first kappa shape index (κ1) is 19.9. The zero-order chi connectivity index (χ0) is 21.3. The molecule has 2 heterocycles. The van der Waals surface area contributed by atoms with Gasteiger partial charge in [-0.1, -0.05) is 12.1 Å². The lowest BCUT2D eigenvalue weighted by molar-refractivity contribution is 0.0635. The minimum absolute atomic E-state index is 0.0173. The largest absolute Gasteiger partial charge is 0.451 e. The predicted octanol–water partition coefficient (Wildman–Crippen LogP) is 4.37. The molecule has 0 radical (unpaired) electrons. The summed E-state index contributed by atoms with van der Waals surface area (Å²) in [5.41, 5.74) is 2.04. The highest BCUT2D eigenvalue weighted by atomic mass is 16.3. The van der Waals surface area contributed by atoms with Crippen molar-refractivity contribution in [3.8, 4) is 0 Å². The van der Waals surface area contributed by atoms with Gasteiger partial charge in [0.25, 0.3) is 11.8 Å². The summed E-state index contributed by atoms with van der Waals surface area (Å²) in [5, 5.41) is 3.21. The summed E-state index contributed by atoms with van der Waals surface area (Å²) in [6, 6.07) is 13.5. The fraction of sp³-hybridized carbons (Fsp3) is 0.292. The molecule has 1 atom stereocenters. The second-order valence-corrected chi connectivity index (χ2v) is 7.80. The molecule has 6 nitrogen and oxygen atoms in total. The van der Waals surface area contributed by atoms with Gasteiger partial charge in [-0.3, -0.25) is 14.4 Å². The number of likely N-dealkylation sites (tertiary alicyclic amines) is 1. The topological polar surface area (TPSA) is 79.6 Å². The van der Waals surface area contributed by atoms with Crippen LogP contribution in [0.1, 0.15) is 52.7 Å². The van der Waals surface area contributed by atoms with Gasteiger partial charge < -0.3 is 14.6 Å². The van der Waals surface area contributed by atoms with Crippen molar-refractivity contribution < 1.29 is 14.0 Å². The zero-order valence-electron chi connectivity index (χ0n) is 17.1. The second-order valence-electron chi connectivity index (χ2n) is 7.80. The number of nitrogens with zero attached hydrogens (tertiary/aromatic N) is 1. The standard InChI is InChI=1S/C24H24N2O4/c1-15-13-17(24(29)26-12-6-5-7-16(26)2)10-11-19(15)25-23(28)22-14-20(27)18-8-3-4-9-21(18)30-22/h3-4,8-11,13-14,16H,5-7,12H2,1-2H3,(H,25,28). The Morgan fingerprint density at radius 1 is 1.10 bits per heavy atom. The number of carbonyl (C=O) groups is 2. The van der Waals surface area contributed by atoms with Crippen LogP contribution in [0.4, 0.5) is 5.69 Å². The van der Waals surface area contributed by atoms with Crippen molar-refractivity contribution in [3.05, 3.63) is 75.6 Å². The van der Waals surface area contributed by atoms with Crippen molar-refractivity contribution in [2.24, 2.45) is 0 Å². The molecule has 0 spiro atoms. The summed E-state index contributed by atoms with van der Waals surface area (Å²) >= 11 is 0. The monoisotopic (exact) mass is 404 g/mol. The van der Waals surface area contributed by atoms with Crippen LogP contribution in [0.5, 0.6) is 0 Å². The molecule has 1 saturated heterocycles. The smallest absolute Gasteiger partial charge is 0.291 e. The van der Waals surface area contributed by atoms with E-state index < -0.39 is 5.91 Å².